The maximum Gasteiger partial charge on any atom is 0.254 e. The zero-order chi connectivity index (χ0) is 16.1. The summed E-state index contributed by atoms with van der Waals surface area (Å²) in [5.74, 6) is 0.408. The van der Waals surface area contributed by atoms with E-state index in [0.717, 1.165) is 32.1 Å². The summed E-state index contributed by atoms with van der Waals surface area (Å²) in [5, 5.41) is 16.0. The van der Waals surface area contributed by atoms with E-state index >= 15 is 0 Å². The van der Waals surface area contributed by atoms with Gasteiger partial charge in [0.05, 0.1) is 11.7 Å². The minimum Gasteiger partial charge on any atom is -0.393 e. The normalized spacial score (nSPS) is 22.9. The van der Waals surface area contributed by atoms with Crippen molar-refractivity contribution in [1.29, 1.82) is 0 Å². The van der Waals surface area contributed by atoms with Crippen molar-refractivity contribution >= 4 is 17.7 Å². The molecule has 0 spiro atoms. The van der Waals surface area contributed by atoms with E-state index in [-0.39, 0.29) is 18.2 Å². The Balaban J connectivity index is 2.11. The molecule has 1 aromatic heterocycles. The number of hydrogen-bond donors (Lipinski definition) is 4. The molecule has 7 nitrogen and oxygen atoms in total. The largest absolute Gasteiger partial charge is 0.393 e. The van der Waals surface area contributed by atoms with Crippen LogP contribution in [0.5, 0.6) is 0 Å². The smallest absolute Gasteiger partial charge is 0.254 e. The number of carbonyl (C=O) groups is 1. The predicted octanol–water partition coefficient (Wildman–Crippen LogP) is 1.50. The number of primary amides is 1. The van der Waals surface area contributed by atoms with Crippen LogP contribution in [0.25, 0.3) is 0 Å². The van der Waals surface area contributed by atoms with Crippen LogP contribution in [0, 0.1) is 0 Å². The van der Waals surface area contributed by atoms with Crippen molar-refractivity contribution in [2.24, 2.45) is 5.73 Å². The van der Waals surface area contributed by atoms with Crippen LogP contribution < -0.4 is 16.4 Å². The Morgan fingerprint density at radius 2 is 2.14 bits per heavy atom. The molecule has 1 aliphatic carbocycles. The predicted molar refractivity (Wildman–Crippen MR) is 85.8 cm³/mol. The Bertz CT molecular complexity index is 515. The molecule has 22 heavy (non-hydrogen) atoms. The minimum atomic E-state index is -0.543. The minimum absolute atomic E-state index is 0.186. The number of rotatable bonds is 6. The fraction of sp³-hybridized carbons (Fsp3) is 0.667. The molecule has 1 amide bonds. The van der Waals surface area contributed by atoms with E-state index in [1.54, 1.807) is 0 Å². The molecule has 1 atom stereocenters. The Labute approximate surface area is 130 Å². The first-order valence-corrected chi connectivity index (χ1v) is 7.87. The van der Waals surface area contributed by atoms with Gasteiger partial charge in [-0.05, 0) is 39.0 Å². The van der Waals surface area contributed by atoms with Gasteiger partial charge in [-0.1, -0.05) is 6.92 Å². The van der Waals surface area contributed by atoms with Crippen LogP contribution >= 0.6 is 0 Å². The van der Waals surface area contributed by atoms with Gasteiger partial charge in [0.1, 0.15) is 5.82 Å². The molecule has 0 saturated heterocycles. The number of nitrogens with one attached hydrogen (secondary N) is 2. The first-order valence-electron chi connectivity index (χ1n) is 7.87. The number of aliphatic hydroxyl groups is 1. The van der Waals surface area contributed by atoms with Gasteiger partial charge in [0.25, 0.3) is 5.91 Å². The van der Waals surface area contributed by atoms with Crippen LogP contribution in [0.2, 0.25) is 0 Å². The van der Waals surface area contributed by atoms with E-state index in [0.29, 0.717) is 17.3 Å². The van der Waals surface area contributed by atoms with Gasteiger partial charge in [0.2, 0.25) is 5.95 Å². The van der Waals surface area contributed by atoms with Crippen LogP contribution in [0.15, 0.2) is 6.20 Å². The van der Waals surface area contributed by atoms with Crippen LogP contribution in [0.4, 0.5) is 11.8 Å². The molecule has 0 aliphatic heterocycles. The van der Waals surface area contributed by atoms with E-state index in [4.69, 9.17) is 5.73 Å². The average Bonchev–Trinajstić information content (AvgIpc) is 2.49. The van der Waals surface area contributed by atoms with Crippen molar-refractivity contribution in [3.8, 4) is 0 Å². The summed E-state index contributed by atoms with van der Waals surface area (Å²) in [4.78, 5) is 20.1. The van der Waals surface area contributed by atoms with Crippen molar-refractivity contribution < 1.29 is 9.90 Å². The lowest BCUT2D eigenvalue weighted by Gasteiger charge is -2.26. The maximum absolute atomic E-state index is 11.5. The average molecular weight is 307 g/mol. The molecule has 122 valence electrons. The van der Waals surface area contributed by atoms with E-state index in [2.05, 4.69) is 27.5 Å². The van der Waals surface area contributed by atoms with Gasteiger partial charge in [-0.2, -0.15) is 4.98 Å². The van der Waals surface area contributed by atoms with Crippen molar-refractivity contribution in [1.82, 2.24) is 9.97 Å². The van der Waals surface area contributed by atoms with Crippen LogP contribution in [-0.2, 0) is 0 Å². The molecule has 1 aromatic rings. The highest BCUT2D eigenvalue weighted by molar-refractivity contribution is 5.97. The van der Waals surface area contributed by atoms with Gasteiger partial charge in [-0.25, -0.2) is 4.98 Å². The summed E-state index contributed by atoms with van der Waals surface area (Å²) in [6, 6.07) is 0.435. The van der Waals surface area contributed by atoms with Crippen molar-refractivity contribution in [3.63, 3.8) is 0 Å². The lowest BCUT2D eigenvalue weighted by molar-refractivity contribution is 0.100. The Kier molecular flexibility index (Phi) is 5.54. The summed E-state index contributed by atoms with van der Waals surface area (Å²) >= 11 is 0. The van der Waals surface area contributed by atoms with Crippen molar-refractivity contribution in [2.45, 2.75) is 64.1 Å². The van der Waals surface area contributed by atoms with E-state index in [1.807, 2.05) is 6.92 Å². The lowest BCUT2D eigenvalue weighted by Crippen LogP contribution is -2.29. The quantitative estimate of drug-likeness (QED) is 0.633. The molecule has 2 rings (SSSR count). The van der Waals surface area contributed by atoms with Gasteiger partial charge in [-0.15, -0.1) is 0 Å². The van der Waals surface area contributed by atoms with Crippen LogP contribution in [0.3, 0.4) is 0 Å². The zero-order valence-corrected chi connectivity index (χ0v) is 13.2. The van der Waals surface area contributed by atoms with Gasteiger partial charge >= 0.3 is 0 Å². The molecule has 7 heteroatoms. The highest BCUT2D eigenvalue weighted by atomic mass is 16.3. The molecule has 0 bridgehead atoms. The Morgan fingerprint density at radius 1 is 1.45 bits per heavy atom. The highest BCUT2D eigenvalue weighted by Gasteiger charge is 2.21. The molecule has 1 fully saturated rings. The fourth-order valence-corrected chi connectivity index (χ4v) is 2.48. The topological polar surface area (TPSA) is 113 Å². The lowest BCUT2D eigenvalue weighted by atomic mass is 9.93. The first kappa shape index (κ1) is 16.5. The third kappa shape index (κ3) is 4.30. The van der Waals surface area contributed by atoms with Crippen LogP contribution in [0.1, 0.15) is 56.3 Å². The maximum atomic E-state index is 11.5. The number of nitrogens with zero attached hydrogens (tertiary/aromatic N) is 2. The van der Waals surface area contributed by atoms with Gasteiger partial charge in [0.15, 0.2) is 0 Å². The number of aliphatic hydroxyl groups excluding tert-OH is 1. The van der Waals surface area contributed by atoms with Crippen LogP contribution in [-0.4, -0.2) is 39.2 Å². The van der Waals surface area contributed by atoms with Crippen molar-refractivity contribution in [3.05, 3.63) is 11.8 Å². The summed E-state index contributed by atoms with van der Waals surface area (Å²) in [5.41, 5.74) is 5.67. The molecule has 1 aliphatic rings. The van der Waals surface area contributed by atoms with E-state index < -0.39 is 5.91 Å². The Hall–Kier alpha value is -1.89. The molecule has 0 aromatic carbocycles. The standard InChI is InChI=1S/C15H25N5O2/c1-3-9(2)18-14-12(13(16)22)8-17-15(20-14)19-10-4-6-11(21)7-5-10/h8-11,21H,3-7H2,1-2H3,(H2,16,22)(H2,17,18,19,20)/t9-,10-,11-/m1/s1. The number of amides is 1. The molecule has 1 heterocycles. The number of hydrogen-bond acceptors (Lipinski definition) is 6. The zero-order valence-electron chi connectivity index (χ0n) is 13.2. The van der Waals surface area contributed by atoms with Gasteiger partial charge < -0.3 is 21.5 Å². The summed E-state index contributed by atoms with van der Waals surface area (Å²) in [7, 11) is 0. The SMILES string of the molecule is CC[C@@H](C)Nc1nc(N[C@H]2CC[C@H](O)CC2)ncc1C(N)=O. The Morgan fingerprint density at radius 3 is 2.73 bits per heavy atom. The molecule has 1 saturated carbocycles. The third-order valence-electron chi connectivity index (χ3n) is 4.08. The molecule has 0 unspecified atom stereocenters. The summed E-state index contributed by atoms with van der Waals surface area (Å²) in [6.45, 7) is 4.07. The first-order chi connectivity index (χ1) is 10.5. The second-order valence-corrected chi connectivity index (χ2v) is 5.92. The number of carbonyl (C=O) groups excluding carboxylic acids is 1. The van der Waals surface area contributed by atoms with E-state index in [1.165, 1.54) is 6.20 Å². The second kappa shape index (κ2) is 7.40. The van der Waals surface area contributed by atoms with Gasteiger partial charge in [-0.3, -0.25) is 4.79 Å². The van der Waals surface area contributed by atoms with Crippen molar-refractivity contribution in [2.75, 3.05) is 10.6 Å². The number of aromatic nitrogens is 2. The molecule has 0 radical (unpaired) electrons. The number of anilines is 2. The number of nitrogens with two attached hydrogens (primary N) is 1. The summed E-state index contributed by atoms with van der Waals surface area (Å²) < 4.78 is 0. The molecular weight excluding hydrogens is 282 g/mol. The third-order valence-corrected chi connectivity index (χ3v) is 4.08. The molecular formula is C15H25N5O2. The monoisotopic (exact) mass is 307 g/mol. The van der Waals surface area contributed by atoms with Gasteiger partial charge in [0, 0.05) is 18.3 Å². The highest BCUT2D eigenvalue weighted by Crippen LogP contribution is 2.22. The second-order valence-electron chi connectivity index (χ2n) is 5.92. The molecule has 5 N–H and O–H groups in total. The fourth-order valence-electron chi connectivity index (χ4n) is 2.48. The van der Waals surface area contributed by atoms with E-state index in [9.17, 15) is 9.90 Å². The summed E-state index contributed by atoms with van der Waals surface area (Å²) in [6.07, 6.45) is 5.51.